The van der Waals surface area contributed by atoms with Crippen LogP contribution < -0.4 is 5.32 Å². The molecule has 0 radical (unpaired) electrons. The Labute approximate surface area is 154 Å². The lowest BCUT2D eigenvalue weighted by Gasteiger charge is -2.13. The molecule has 1 atom stereocenters. The maximum absolute atomic E-state index is 12.5. The molecule has 2 rings (SSSR count). The van der Waals surface area contributed by atoms with Gasteiger partial charge in [-0.2, -0.15) is 0 Å². The highest BCUT2D eigenvalue weighted by Crippen LogP contribution is 2.13. The second-order valence-electron chi connectivity index (χ2n) is 5.53. The zero-order chi connectivity index (χ0) is 17.2. The van der Waals surface area contributed by atoms with Crippen LogP contribution >= 0.6 is 12.4 Å². The first-order valence-corrected chi connectivity index (χ1v) is 8.19. The zero-order valence-corrected chi connectivity index (χ0v) is 15.0. The smallest absolute Gasteiger partial charge is 0.252 e. The molecule has 0 saturated heterocycles. The Morgan fingerprint density at radius 2 is 1.92 bits per heavy atom. The fraction of sp³-hybridized carbons (Fsp3) is 0.250. The van der Waals surface area contributed by atoms with Crippen molar-refractivity contribution < 1.29 is 9.59 Å². The number of nitrogens with one attached hydrogen (secondary N) is 1. The number of carbonyl (C=O) groups is 2. The molecule has 1 unspecified atom stereocenters. The number of carbonyl (C=O) groups excluding carboxylic acids is 2. The molecule has 0 aliphatic carbocycles. The first-order chi connectivity index (χ1) is 11.7. The van der Waals surface area contributed by atoms with Gasteiger partial charge in [0, 0.05) is 11.8 Å². The van der Waals surface area contributed by atoms with Crippen LogP contribution in [0.15, 0.2) is 48.7 Å². The molecular formula is C20H23ClN2O2. The molecule has 0 fully saturated rings. The maximum atomic E-state index is 12.5. The van der Waals surface area contributed by atoms with E-state index >= 15 is 0 Å². The van der Waals surface area contributed by atoms with Crippen molar-refractivity contribution >= 4 is 36.8 Å². The third-order valence-corrected chi connectivity index (χ3v) is 3.68. The molecule has 0 aliphatic rings. The number of benzene rings is 1. The highest BCUT2D eigenvalue weighted by molar-refractivity contribution is 5.99. The SMILES string of the molecule is CCCCC(C=O)NC(=O)c1ccccc1C=Cc1ccccn1.Cl. The Hall–Kier alpha value is -2.46. The Balaban J connectivity index is 0.00000312. The average Bonchev–Trinajstić information content (AvgIpc) is 2.64. The largest absolute Gasteiger partial charge is 0.343 e. The molecule has 0 aliphatic heterocycles. The maximum Gasteiger partial charge on any atom is 0.252 e. The first kappa shape index (κ1) is 20.6. The summed E-state index contributed by atoms with van der Waals surface area (Å²) in [5.41, 5.74) is 2.16. The number of pyridine rings is 1. The number of hydrogen-bond acceptors (Lipinski definition) is 3. The Morgan fingerprint density at radius 3 is 2.60 bits per heavy atom. The van der Waals surface area contributed by atoms with Gasteiger partial charge >= 0.3 is 0 Å². The van der Waals surface area contributed by atoms with E-state index in [0.717, 1.165) is 30.4 Å². The van der Waals surface area contributed by atoms with E-state index in [2.05, 4.69) is 17.2 Å². The highest BCUT2D eigenvalue weighted by Gasteiger charge is 2.14. The lowest BCUT2D eigenvalue weighted by atomic mass is 10.0. The summed E-state index contributed by atoms with van der Waals surface area (Å²) in [5, 5.41) is 2.80. The van der Waals surface area contributed by atoms with Gasteiger partial charge in [-0.05, 0) is 36.3 Å². The van der Waals surface area contributed by atoms with Crippen LogP contribution in [0.4, 0.5) is 0 Å². The molecule has 2 aromatic rings. The van der Waals surface area contributed by atoms with Crippen LogP contribution in [0.5, 0.6) is 0 Å². The molecule has 132 valence electrons. The minimum absolute atomic E-state index is 0. The van der Waals surface area contributed by atoms with Gasteiger partial charge in [0.1, 0.15) is 6.29 Å². The predicted molar refractivity (Wildman–Crippen MR) is 104 cm³/mol. The van der Waals surface area contributed by atoms with Crippen LogP contribution in [0.3, 0.4) is 0 Å². The summed E-state index contributed by atoms with van der Waals surface area (Å²) in [4.78, 5) is 27.9. The Bertz CT molecular complexity index is 702. The van der Waals surface area contributed by atoms with E-state index in [9.17, 15) is 9.59 Å². The van der Waals surface area contributed by atoms with Gasteiger partial charge in [-0.3, -0.25) is 9.78 Å². The van der Waals surface area contributed by atoms with Crippen molar-refractivity contribution in [3.63, 3.8) is 0 Å². The zero-order valence-electron chi connectivity index (χ0n) is 14.2. The van der Waals surface area contributed by atoms with E-state index in [0.29, 0.717) is 12.0 Å². The topological polar surface area (TPSA) is 59.1 Å². The summed E-state index contributed by atoms with van der Waals surface area (Å²) >= 11 is 0. The molecule has 1 N–H and O–H groups in total. The molecule has 0 saturated carbocycles. The van der Waals surface area contributed by atoms with Crippen LogP contribution in [0.1, 0.15) is 47.8 Å². The number of unbranched alkanes of at least 4 members (excludes halogenated alkanes) is 1. The van der Waals surface area contributed by atoms with Gasteiger partial charge < -0.3 is 10.1 Å². The fourth-order valence-corrected chi connectivity index (χ4v) is 2.34. The van der Waals surface area contributed by atoms with Gasteiger partial charge in [0.05, 0.1) is 11.7 Å². The summed E-state index contributed by atoms with van der Waals surface area (Å²) in [6.07, 6.45) is 8.81. The molecule has 1 aromatic carbocycles. The molecule has 1 aromatic heterocycles. The van der Waals surface area contributed by atoms with Crippen molar-refractivity contribution in [3.8, 4) is 0 Å². The second kappa shape index (κ2) is 11.2. The van der Waals surface area contributed by atoms with E-state index in [1.807, 2.05) is 48.6 Å². The number of halogens is 1. The summed E-state index contributed by atoms with van der Waals surface area (Å²) in [5.74, 6) is -0.232. The van der Waals surface area contributed by atoms with E-state index in [4.69, 9.17) is 0 Å². The molecule has 1 heterocycles. The van der Waals surface area contributed by atoms with Crippen molar-refractivity contribution in [1.82, 2.24) is 10.3 Å². The number of hydrogen-bond donors (Lipinski definition) is 1. The van der Waals surface area contributed by atoms with E-state index in [1.54, 1.807) is 12.3 Å². The number of aldehydes is 1. The minimum atomic E-state index is -0.440. The van der Waals surface area contributed by atoms with Gasteiger partial charge in [0.15, 0.2) is 0 Å². The standard InChI is InChI=1S/C20H22N2O2.ClH/c1-2-3-9-18(15-23)22-20(24)19-11-5-4-8-16(19)12-13-17-10-6-7-14-21-17;/h4-8,10-15,18H,2-3,9H2,1H3,(H,22,24);1H. The second-order valence-corrected chi connectivity index (χ2v) is 5.53. The summed E-state index contributed by atoms with van der Waals surface area (Å²) in [7, 11) is 0. The fourth-order valence-electron chi connectivity index (χ4n) is 2.34. The molecule has 25 heavy (non-hydrogen) atoms. The van der Waals surface area contributed by atoms with Gasteiger partial charge in [0.2, 0.25) is 0 Å². The molecule has 0 spiro atoms. The van der Waals surface area contributed by atoms with Gasteiger partial charge in [-0.1, -0.05) is 50.1 Å². The van der Waals surface area contributed by atoms with Crippen LogP contribution in [0.2, 0.25) is 0 Å². The Morgan fingerprint density at radius 1 is 1.16 bits per heavy atom. The van der Waals surface area contributed by atoms with Crippen molar-refractivity contribution in [1.29, 1.82) is 0 Å². The first-order valence-electron chi connectivity index (χ1n) is 8.19. The molecule has 0 bridgehead atoms. The monoisotopic (exact) mass is 358 g/mol. The molecular weight excluding hydrogens is 336 g/mol. The van der Waals surface area contributed by atoms with E-state index in [1.165, 1.54) is 0 Å². The summed E-state index contributed by atoms with van der Waals surface area (Å²) in [6.45, 7) is 2.06. The highest BCUT2D eigenvalue weighted by atomic mass is 35.5. The van der Waals surface area contributed by atoms with Crippen molar-refractivity contribution in [3.05, 3.63) is 65.5 Å². The van der Waals surface area contributed by atoms with Crippen molar-refractivity contribution in [2.24, 2.45) is 0 Å². The van der Waals surface area contributed by atoms with E-state index < -0.39 is 6.04 Å². The third kappa shape index (κ3) is 6.51. The van der Waals surface area contributed by atoms with Gasteiger partial charge in [-0.25, -0.2) is 0 Å². The third-order valence-electron chi connectivity index (χ3n) is 3.68. The number of amides is 1. The Kier molecular flexibility index (Phi) is 9.19. The number of nitrogens with zero attached hydrogens (tertiary/aromatic N) is 1. The normalized spacial score (nSPS) is 11.6. The van der Waals surface area contributed by atoms with Crippen LogP contribution in [0.25, 0.3) is 12.2 Å². The number of rotatable bonds is 8. The van der Waals surface area contributed by atoms with Crippen LogP contribution in [-0.4, -0.2) is 23.2 Å². The van der Waals surface area contributed by atoms with Crippen molar-refractivity contribution in [2.75, 3.05) is 0 Å². The lowest BCUT2D eigenvalue weighted by Crippen LogP contribution is -2.36. The van der Waals surface area contributed by atoms with Crippen LogP contribution in [-0.2, 0) is 4.79 Å². The molecule has 5 heteroatoms. The van der Waals surface area contributed by atoms with Gasteiger partial charge in [-0.15, -0.1) is 12.4 Å². The van der Waals surface area contributed by atoms with Crippen LogP contribution in [0, 0.1) is 0 Å². The summed E-state index contributed by atoms with van der Waals surface area (Å²) in [6, 6.07) is 12.5. The predicted octanol–water partition coefficient (Wildman–Crippen LogP) is 4.16. The van der Waals surface area contributed by atoms with Crippen molar-refractivity contribution in [2.45, 2.75) is 32.2 Å². The summed E-state index contributed by atoms with van der Waals surface area (Å²) < 4.78 is 0. The molecule has 1 amide bonds. The molecule has 4 nitrogen and oxygen atoms in total. The quantitative estimate of drug-likeness (QED) is 0.721. The minimum Gasteiger partial charge on any atom is -0.343 e. The average molecular weight is 359 g/mol. The van der Waals surface area contributed by atoms with E-state index in [-0.39, 0.29) is 18.3 Å². The van der Waals surface area contributed by atoms with Gasteiger partial charge in [0.25, 0.3) is 5.91 Å². The lowest BCUT2D eigenvalue weighted by molar-refractivity contribution is -0.109. The number of aromatic nitrogens is 1.